The Bertz CT molecular complexity index is 354. The van der Waals surface area contributed by atoms with Gasteiger partial charge in [0.1, 0.15) is 0 Å². The van der Waals surface area contributed by atoms with Crippen LogP contribution in [0.15, 0.2) is 22.7 Å². The van der Waals surface area contributed by atoms with Crippen LogP contribution in [-0.2, 0) is 4.74 Å². The third-order valence-electron chi connectivity index (χ3n) is 2.88. The first kappa shape index (κ1) is 15.7. The maximum absolute atomic E-state index is 5.71. The molecule has 0 aliphatic carbocycles. The van der Waals surface area contributed by atoms with Gasteiger partial charge in [-0.25, -0.2) is 0 Å². The fourth-order valence-electron chi connectivity index (χ4n) is 1.95. The average molecular weight is 314 g/mol. The summed E-state index contributed by atoms with van der Waals surface area (Å²) in [5.41, 5.74) is 2.64. The minimum Gasteiger partial charge on any atom is -0.379 e. The van der Waals surface area contributed by atoms with E-state index in [1.165, 1.54) is 11.1 Å². The Morgan fingerprint density at radius 1 is 1.28 bits per heavy atom. The van der Waals surface area contributed by atoms with Crippen molar-refractivity contribution in [2.24, 2.45) is 0 Å². The Morgan fingerprint density at radius 3 is 2.67 bits per heavy atom. The fraction of sp³-hybridized carbons (Fsp3) is 0.600. The number of halogens is 1. The number of nitrogens with one attached hydrogen (secondary N) is 1. The van der Waals surface area contributed by atoms with Gasteiger partial charge in [-0.05, 0) is 49.6 Å². The predicted molar refractivity (Wildman–Crippen MR) is 81.0 cm³/mol. The molecule has 0 aliphatic rings. The zero-order valence-corrected chi connectivity index (χ0v) is 13.2. The maximum Gasteiger partial charge on any atom is 0.0661 e. The molecular weight excluding hydrogens is 290 g/mol. The molecule has 0 heterocycles. The van der Waals surface area contributed by atoms with Crippen LogP contribution in [0.4, 0.5) is 0 Å². The standard InChI is InChI=1S/C15H24BrNO/c1-4-8-17-15(11-18-9-5-2)14-7-6-13(16)10-12(14)3/h6-7,10,15,17H,4-5,8-9,11H2,1-3H3. The van der Waals surface area contributed by atoms with Crippen molar-refractivity contribution in [3.63, 3.8) is 0 Å². The fourth-order valence-corrected chi connectivity index (χ4v) is 2.43. The highest BCUT2D eigenvalue weighted by Gasteiger charge is 2.13. The van der Waals surface area contributed by atoms with Gasteiger partial charge in [0, 0.05) is 11.1 Å². The van der Waals surface area contributed by atoms with Gasteiger partial charge in [0.25, 0.3) is 0 Å². The van der Waals surface area contributed by atoms with Crippen LogP contribution in [0, 0.1) is 6.92 Å². The Kier molecular flexibility index (Phi) is 7.56. The van der Waals surface area contributed by atoms with E-state index in [2.05, 4.69) is 60.2 Å². The summed E-state index contributed by atoms with van der Waals surface area (Å²) in [6.45, 7) is 9.08. The lowest BCUT2D eigenvalue weighted by Crippen LogP contribution is -2.27. The lowest BCUT2D eigenvalue weighted by molar-refractivity contribution is 0.112. The van der Waals surface area contributed by atoms with Crippen LogP contribution in [0.3, 0.4) is 0 Å². The van der Waals surface area contributed by atoms with Gasteiger partial charge in [-0.1, -0.05) is 35.8 Å². The molecule has 0 aromatic heterocycles. The lowest BCUT2D eigenvalue weighted by atomic mass is 10.0. The third kappa shape index (κ3) is 5.09. The molecule has 1 aromatic carbocycles. The molecular formula is C15H24BrNO. The minimum absolute atomic E-state index is 0.296. The zero-order chi connectivity index (χ0) is 13.4. The van der Waals surface area contributed by atoms with E-state index < -0.39 is 0 Å². The largest absolute Gasteiger partial charge is 0.379 e. The van der Waals surface area contributed by atoms with Crippen molar-refractivity contribution in [2.75, 3.05) is 19.8 Å². The van der Waals surface area contributed by atoms with Gasteiger partial charge in [0.2, 0.25) is 0 Å². The molecule has 3 heteroatoms. The van der Waals surface area contributed by atoms with E-state index in [0.29, 0.717) is 6.04 Å². The molecule has 1 aromatic rings. The van der Waals surface area contributed by atoms with Gasteiger partial charge in [0.15, 0.2) is 0 Å². The van der Waals surface area contributed by atoms with Crippen molar-refractivity contribution in [1.29, 1.82) is 0 Å². The molecule has 102 valence electrons. The SMILES string of the molecule is CCCNC(COCCC)c1ccc(Br)cc1C. The second kappa shape index (κ2) is 8.68. The number of aryl methyl sites for hydroxylation is 1. The van der Waals surface area contributed by atoms with E-state index >= 15 is 0 Å². The van der Waals surface area contributed by atoms with Gasteiger partial charge in [-0.15, -0.1) is 0 Å². The summed E-state index contributed by atoms with van der Waals surface area (Å²) in [6.07, 6.45) is 2.21. The highest BCUT2D eigenvalue weighted by Crippen LogP contribution is 2.22. The summed E-state index contributed by atoms with van der Waals surface area (Å²) >= 11 is 3.51. The summed E-state index contributed by atoms with van der Waals surface area (Å²) in [7, 11) is 0. The summed E-state index contributed by atoms with van der Waals surface area (Å²) in [6, 6.07) is 6.74. The molecule has 0 spiro atoms. The van der Waals surface area contributed by atoms with E-state index in [1.54, 1.807) is 0 Å². The molecule has 0 saturated heterocycles. The Balaban J connectivity index is 2.73. The smallest absolute Gasteiger partial charge is 0.0661 e. The van der Waals surface area contributed by atoms with E-state index in [1.807, 2.05) is 0 Å². The molecule has 2 nitrogen and oxygen atoms in total. The number of hydrogen-bond donors (Lipinski definition) is 1. The van der Waals surface area contributed by atoms with Crippen LogP contribution in [0.2, 0.25) is 0 Å². The van der Waals surface area contributed by atoms with Crippen molar-refractivity contribution >= 4 is 15.9 Å². The maximum atomic E-state index is 5.71. The van der Waals surface area contributed by atoms with Crippen molar-refractivity contribution in [3.05, 3.63) is 33.8 Å². The Hall–Kier alpha value is -0.380. The summed E-state index contributed by atoms with van der Waals surface area (Å²) < 4.78 is 6.84. The van der Waals surface area contributed by atoms with Crippen molar-refractivity contribution in [2.45, 2.75) is 39.7 Å². The van der Waals surface area contributed by atoms with E-state index in [4.69, 9.17) is 4.74 Å². The molecule has 0 bridgehead atoms. The topological polar surface area (TPSA) is 21.3 Å². The highest BCUT2D eigenvalue weighted by atomic mass is 79.9. The molecule has 0 aliphatic heterocycles. The summed E-state index contributed by atoms with van der Waals surface area (Å²) in [5, 5.41) is 3.56. The van der Waals surface area contributed by atoms with Crippen molar-refractivity contribution in [1.82, 2.24) is 5.32 Å². The molecule has 1 rings (SSSR count). The van der Waals surface area contributed by atoms with Crippen LogP contribution in [0.5, 0.6) is 0 Å². The monoisotopic (exact) mass is 313 g/mol. The van der Waals surface area contributed by atoms with Crippen LogP contribution < -0.4 is 5.32 Å². The first-order chi connectivity index (χ1) is 8.69. The van der Waals surface area contributed by atoms with E-state index in [9.17, 15) is 0 Å². The van der Waals surface area contributed by atoms with Crippen LogP contribution in [0.1, 0.15) is 43.9 Å². The van der Waals surface area contributed by atoms with Crippen molar-refractivity contribution < 1.29 is 4.74 Å². The molecule has 0 radical (unpaired) electrons. The normalized spacial score (nSPS) is 12.7. The Morgan fingerprint density at radius 2 is 2.06 bits per heavy atom. The number of rotatable bonds is 8. The van der Waals surface area contributed by atoms with E-state index in [0.717, 1.165) is 37.1 Å². The molecule has 1 unspecified atom stereocenters. The van der Waals surface area contributed by atoms with Gasteiger partial charge in [-0.2, -0.15) is 0 Å². The molecule has 0 amide bonds. The first-order valence-corrected chi connectivity index (χ1v) is 7.55. The lowest BCUT2D eigenvalue weighted by Gasteiger charge is -2.21. The van der Waals surface area contributed by atoms with Gasteiger partial charge in [-0.3, -0.25) is 0 Å². The van der Waals surface area contributed by atoms with Gasteiger partial charge >= 0.3 is 0 Å². The zero-order valence-electron chi connectivity index (χ0n) is 11.6. The molecule has 0 saturated carbocycles. The van der Waals surface area contributed by atoms with Crippen molar-refractivity contribution in [3.8, 4) is 0 Å². The average Bonchev–Trinajstić information content (AvgIpc) is 2.34. The summed E-state index contributed by atoms with van der Waals surface area (Å²) in [4.78, 5) is 0. The predicted octanol–water partition coefficient (Wildman–Crippen LogP) is 4.22. The van der Waals surface area contributed by atoms with Gasteiger partial charge in [0.05, 0.1) is 12.6 Å². The highest BCUT2D eigenvalue weighted by molar-refractivity contribution is 9.10. The second-order valence-electron chi connectivity index (χ2n) is 4.58. The summed E-state index contributed by atoms with van der Waals surface area (Å²) in [5.74, 6) is 0. The second-order valence-corrected chi connectivity index (χ2v) is 5.50. The van der Waals surface area contributed by atoms with Crippen LogP contribution in [-0.4, -0.2) is 19.8 Å². The van der Waals surface area contributed by atoms with Crippen LogP contribution >= 0.6 is 15.9 Å². The van der Waals surface area contributed by atoms with Crippen LogP contribution in [0.25, 0.3) is 0 Å². The first-order valence-electron chi connectivity index (χ1n) is 6.76. The minimum atomic E-state index is 0.296. The number of hydrogen-bond acceptors (Lipinski definition) is 2. The number of benzene rings is 1. The molecule has 1 N–H and O–H groups in total. The quantitative estimate of drug-likeness (QED) is 0.725. The molecule has 18 heavy (non-hydrogen) atoms. The Labute approximate surface area is 119 Å². The number of ether oxygens (including phenoxy) is 1. The third-order valence-corrected chi connectivity index (χ3v) is 3.37. The van der Waals surface area contributed by atoms with Gasteiger partial charge < -0.3 is 10.1 Å². The molecule has 0 fully saturated rings. The molecule has 1 atom stereocenters. The van der Waals surface area contributed by atoms with E-state index in [-0.39, 0.29) is 0 Å².